The van der Waals surface area contributed by atoms with Crippen molar-refractivity contribution in [2.45, 2.75) is 90.4 Å². The Morgan fingerprint density at radius 3 is 1.86 bits per heavy atom. The first kappa shape index (κ1) is 20.1. The van der Waals surface area contributed by atoms with E-state index >= 15 is 0 Å². The predicted octanol–water partition coefficient (Wildman–Crippen LogP) is 5.39. The largest absolute Gasteiger partial charge is 0.466 e. The van der Waals surface area contributed by atoms with Gasteiger partial charge in [0.2, 0.25) is 0 Å². The van der Waals surface area contributed by atoms with Crippen molar-refractivity contribution < 1.29 is 9.53 Å². The number of carbonyl (C=O) groups excluding carboxylic acids is 1. The second-order valence-corrected chi connectivity index (χ2v) is 5.71. The summed E-state index contributed by atoms with van der Waals surface area (Å²) in [6.45, 7) is 2.80. The van der Waals surface area contributed by atoms with E-state index in [1.165, 1.54) is 57.8 Å². The van der Waals surface area contributed by atoms with Crippen LogP contribution < -0.4 is 0 Å². The van der Waals surface area contributed by atoms with Gasteiger partial charge in [0, 0.05) is 12.8 Å². The summed E-state index contributed by atoms with van der Waals surface area (Å²) >= 11 is 0. The van der Waals surface area contributed by atoms with Gasteiger partial charge >= 0.3 is 5.97 Å². The molecule has 4 heteroatoms. The van der Waals surface area contributed by atoms with Crippen LogP contribution in [0.2, 0.25) is 0 Å². The van der Waals surface area contributed by atoms with Gasteiger partial charge in [0.1, 0.15) is 0 Å². The number of hydrogen-bond acceptors (Lipinski definition) is 4. The molecule has 0 aliphatic carbocycles. The van der Waals surface area contributed by atoms with Crippen LogP contribution in [0.4, 0.5) is 0 Å². The number of esters is 1. The molecule has 0 saturated heterocycles. The van der Waals surface area contributed by atoms with Gasteiger partial charge in [-0.05, 0) is 6.42 Å². The molecule has 0 aromatic carbocycles. The lowest BCUT2D eigenvalue weighted by atomic mass is 10.1. The Morgan fingerprint density at radius 2 is 1.33 bits per heavy atom. The molecule has 4 nitrogen and oxygen atoms in total. The summed E-state index contributed by atoms with van der Waals surface area (Å²) in [7, 11) is 0. The zero-order chi connectivity index (χ0) is 15.6. The molecule has 0 aromatic heterocycles. The summed E-state index contributed by atoms with van der Waals surface area (Å²) in [5.41, 5.74) is 0. The number of nitroso groups, excluding NO2 is 1. The highest BCUT2D eigenvalue weighted by molar-refractivity contribution is 5.69. The molecule has 21 heavy (non-hydrogen) atoms. The van der Waals surface area contributed by atoms with Crippen LogP contribution in [-0.2, 0) is 9.53 Å². The van der Waals surface area contributed by atoms with Crippen LogP contribution in [-0.4, -0.2) is 19.1 Å². The van der Waals surface area contributed by atoms with Crippen molar-refractivity contribution in [3.05, 3.63) is 4.91 Å². The van der Waals surface area contributed by atoms with Crippen molar-refractivity contribution in [2.75, 3.05) is 13.2 Å². The third kappa shape index (κ3) is 17.0. The molecule has 0 aliphatic heterocycles. The van der Waals surface area contributed by atoms with Crippen molar-refractivity contribution in [1.29, 1.82) is 0 Å². The Balaban J connectivity index is 3.10. The molecule has 0 heterocycles. The average molecular weight is 299 g/mol. The lowest BCUT2D eigenvalue weighted by Gasteiger charge is -2.04. The van der Waals surface area contributed by atoms with Crippen LogP contribution >= 0.6 is 0 Å². The molecular formula is C17H33NO3. The molecule has 124 valence electrons. The van der Waals surface area contributed by atoms with E-state index in [0.717, 1.165) is 12.8 Å². The molecule has 0 radical (unpaired) electrons. The number of nitrogens with zero attached hydrogens (tertiary/aromatic N) is 1. The fourth-order valence-electron chi connectivity index (χ4n) is 2.32. The van der Waals surface area contributed by atoms with Crippen molar-refractivity contribution >= 4 is 5.97 Å². The molecule has 0 fully saturated rings. The molecule has 0 rings (SSSR count). The smallest absolute Gasteiger partial charge is 0.305 e. The van der Waals surface area contributed by atoms with Gasteiger partial charge in [-0.1, -0.05) is 76.3 Å². The third-order valence-corrected chi connectivity index (χ3v) is 3.64. The molecule has 0 amide bonds. The van der Waals surface area contributed by atoms with E-state index < -0.39 is 0 Å². The van der Waals surface area contributed by atoms with Gasteiger partial charge in [-0.15, -0.1) is 0 Å². The zero-order valence-electron chi connectivity index (χ0n) is 13.8. The van der Waals surface area contributed by atoms with E-state index in [-0.39, 0.29) is 12.5 Å². The summed E-state index contributed by atoms with van der Waals surface area (Å²) in [6.07, 6.45) is 15.1. The Morgan fingerprint density at radius 1 is 0.810 bits per heavy atom. The molecule has 0 saturated carbocycles. The molecule has 0 atom stereocenters. The average Bonchev–Trinajstić information content (AvgIpc) is 2.49. The van der Waals surface area contributed by atoms with Crippen LogP contribution in [0.5, 0.6) is 0 Å². The SMILES string of the molecule is CCCCCCCCCCCCCC(=O)OCCCN=O. The minimum absolute atomic E-state index is 0.142. The van der Waals surface area contributed by atoms with Crippen molar-refractivity contribution in [1.82, 2.24) is 0 Å². The molecule has 0 N–H and O–H groups in total. The van der Waals surface area contributed by atoms with E-state index in [4.69, 9.17) is 4.74 Å². The predicted molar refractivity (Wildman–Crippen MR) is 87.3 cm³/mol. The van der Waals surface area contributed by atoms with Crippen LogP contribution in [0.1, 0.15) is 90.4 Å². The van der Waals surface area contributed by atoms with Crippen LogP contribution in [0, 0.1) is 4.91 Å². The fraction of sp³-hybridized carbons (Fsp3) is 0.941. The second-order valence-electron chi connectivity index (χ2n) is 5.71. The van der Waals surface area contributed by atoms with Gasteiger partial charge in [-0.25, -0.2) is 0 Å². The molecule has 0 unspecified atom stereocenters. The maximum absolute atomic E-state index is 11.3. The molecule has 0 aliphatic rings. The number of ether oxygens (including phenoxy) is 1. The van der Waals surface area contributed by atoms with Gasteiger partial charge in [0.25, 0.3) is 0 Å². The fourth-order valence-corrected chi connectivity index (χ4v) is 2.32. The number of hydrogen-bond donors (Lipinski definition) is 0. The van der Waals surface area contributed by atoms with E-state index in [1.54, 1.807) is 0 Å². The van der Waals surface area contributed by atoms with Crippen molar-refractivity contribution in [3.8, 4) is 0 Å². The quantitative estimate of drug-likeness (QED) is 0.218. The third-order valence-electron chi connectivity index (χ3n) is 3.64. The Kier molecular flexibility index (Phi) is 16.4. The van der Waals surface area contributed by atoms with Crippen molar-refractivity contribution in [3.63, 3.8) is 0 Å². The first-order valence-electron chi connectivity index (χ1n) is 8.76. The van der Waals surface area contributed by atoms with Gasteiger partial charge in [0.15, 0.2) is 0 Å². The normalized spacial score (nSPS) is 10.5. The summed E-state index contributed by atoms with van der Waals surface area (Å²) in [5, 5.41) is 2.72. The van der Waals surface area contributed by atoms with E-state index in [0.29, 0.717) is 19.4 Å². The molecular weight excluding hydrogens is 266 g/mol. The van der Waals surface area contributed by atoms with E-state index in [1.807, 2.05) is 0 Å². The standard InChI is InChI=1S/C17H33NO3/c1-2-3-4-5-6-7-8-9-10-11-12-14-17(19)21-16-13-15-18-20/h2-16H2,1H3. The summed E-state index contributed by atoms with van der Waals surface area (Å²) in [4.78, 5) is 21.2. The van der Waals surface area contributed by atoms with Gasteiger partial charge in [-0.2, -0.15) is 4.91 Å². The molecule has 0 bridgehead atoms. The Hall–Kier alpha value is -0.930. The first-order chi connectivity index (χ1) is 10.3. The minimum Gasteiger partial charge on any atom is -0.466 e. The maximum atomic E-state index is 11.3. The highest BCUT2D eigenvalue weighted by Gasteiger charge is 2.02. The van der Waals surface area contributed by atoms with Crippen LogP contribution in [0.15, 0.2) is 5.18 Å². The topological polar surface area (TPSA) is 55.7 Å². The highest BCUT2D eigenvalue weighted by Crippen LogP contribution is 2.12. The van der Waals surface area contributed by atoms with Crippen LogP contribution in [0.3, 0.4) is 0 Å². The Labute approximate surface area is 130 Å². The molecule has 0 spiro atoms. The monoisotopic (exact) mass is 299 g/mol. The molecule has 0 aromatic rings. The summed E-state index contributed by atoms with van der Waals surface area (Å²) < 4.78 is 5.00. The van der Waals surface area contributed by atoms with Gasteiger partial charge in [-0.3, -0.25) is 4.79 Å². The highest BCUT2D eigenvalue weighted by atomic mass is 16.5. The number of rotatable bonds is 16. The first-order valence-corrected chi connectivity index (χ1v) is 8.76. The maximum Gasteiger partial charge on any atom is 0.305 e. The lowest BCUT2D eigenvalue weighted by Crippen LogP contribution is -2.06. The summed E-state index contributed by atoms with van der Waals surface area (Å²) in [6, 6.07) is 0. The van der Waals surface area contributed by atoms with Crippen molar-refractivity contribution in [2.24, 2.45) is 5.18 Å². The number of carbonyl (C=O) groups is 1. The minimum atomic E-state index is -0.142. The van der Waals surface area contributed by atoms with Gasteiger partial charge in [0.05, 0.1) is 13.2 Å². The Bertz CT molecular complexity index is 244. The lowest BCUT2D eigenvalue weighted by molar-refractivity contribution is -0.143. The number of unbranched alkanes of at least 4 members (excludes halogenated alkanes) is 10. The zero-order valence-corrected chi connectivity index (χ0v) is 13.8. The van der Waals surface area contributed by atoms with E-state index in [9.17, 15) is 9.70 Å². The van der Waals surface area contributed by atoms with E-state index in [2.05, 4.69) is 12.1 Å². The van der Waals surface area contributed by atoms with Gasteiger partial charge < -0.3 is 4.74 Å². The summed E-state index contributed by atoms with van der Waals surface area (Å²) in [5.74, 6) is -0.142. The second kappa shape index (κ2) is 17.1. The van der Waals surface area contributed by atoms with Crippen LogP contribution in [0.25, 0.3) is 0 Å².